The Bertz CT molecular complexity index is 911. The number of thiazole rings is 1. The average Bonchev–Trinajstić information content (AvgIpc) is 3.01. The van der Waals surface area contributed by atoms with Crippen molar-refractivity contribution in [2.24, 2.45) is 7.05 Å². The number of anilines is 1. The number of hydrogen-bond acceptors (Lipinski definition) is 4. The van der Waals surface area contributed by atoms with Crippen molar-refractivity contribution < 1.29 is 4.79 Å². The number of amides is 1. The van der Waals surface area contributed by atoms with Crippen molar-refractivity contribution in [1.82, 2.24) is 14.8 Å². The molecule has 6 heteroatoms. The summed E-state index contributed by atoms with van der Waals surface area (Å²) < 4.78 is 1.85. The van der Waals surface area contributed by atoms with E-state index in [9.17, 15) is 4.79 Å². The smallest absolute Gasteiger partial charge is 0.233 e. The van der Waals surface area contributed by atoms with Crippen LogP contribution in [0.3, 0.4) is 0 Å². The molecular weight excluding hydrogens is 320 g/mol. The minimum atomic E-state index is 0.116. The zero-order valence-corrected chi connectivity index (χ0v) is 14.8. The van der Waals surface area contributed by atoms with E-state index in [1.165, 1.54) is 0 Å². The van der Waals surface area contributed by atoms with Gasteiger partial charge in [-0.05, 0) is 32.3 Å². The summed E-state index contributed by atoms with van der Waals surface area (Å²) in [7, 11) is 1.92. The largest absolute Gasteiger partial charge is 0.302 e. The Hall–Kier alpha value is -2.21. The molecule has 1 amide bonds. The molecule has 0 saturated heterocycles. The van der Waals surface area contributed by atoms with Crippen LogP contribution in [0.25, 0.3) is 10.9 Å². The summed E-state index contributed by atoms with van der Waals surface area (Å²) in [6.45, 7) is 2.78. The number of nitrogens with zero attached hydrogens (tertiary/aromatic N) is 4. The third kappa shape index (κ3) is 2.60. The molecule has 4 rings (SSSR count). The molecule has 1 aromatic carbocycles. The van der Waals surface area contributed by atoms with Crippen LogP contribution in [-0.4, -0.2) is 27.2 Å². The van der Waals surface area contributed by atoms with Gasteiger partial charge in [0.2, 0.25) is 5.91 Å². The van der Waals surface area contributed by atoms with Gasteiger partial charge in [0.05, 0.1) is 28.3 Å². The number of fused-ring (bicyclic) bond motifs is 2. The Kier molecular flexibility index (Phi) is 3.84. The lowest BCUT2D eigenvalue weighted by Crippen LogP contribution is -2.32. The van der Waals surface area contributed by atoms with Gasteiger partial charge in [-0.3, -0.25) is 9.48 Å². The lowest BCUT2D eigenvalue weighted by Gasteiger charge is -2.19. The molecule has 0 radical (unpaired) electrons. The van der Waals surface area contributed by atoms with E-state index in [0.717, 1.165) is 58.1 Å². The molecule has 0 fully saturated rings. The molecule has 0 saturated carbocycles. The highest BCUT2D eigenvalue weighted by atomic mass is 32.1. The van der Waals surface area contributed by atoms with Gasteiger partial charge in [0, 0.05) is 19.0 Å². The summed E-state index contributed by atoms with van der Waals surface area (Å²) in [5.74, 6) is 0.116. The molecule has 124 valence electrons. The first-order valence-electron chi connectivity index (χ1n) is 8.31. The normalized spacial score (nSPS) is 14.7. The van der Waals surface area contributed by atoms with Gasteiger partial charge in [-0.2, -0.15) is 5.10 Å². The maximum Gasteiger partial charge on any atom is 0.233 e. The predicted octanol–water partition coefficient (Wildman–Crippen LogP) is 3.25. The Morgan fingerprint density at radius 3 is 3.00 bits per heavy atom. The van der Waals surface area contributed by atoms with Gasteiger partial charge in [0.25, 0.3) is 0 Å². The molecule has 3 heterocycles. The quantitative estimate of drug-likeness (QED) is 0.719. The first-order valence-corrected chi connectivity index (χ1v) is 9.12. The van der Waals surface area contributed by atoms with Crippen LogP contribution in [-0.2, 0) is 24.7 Å². The van der Waals surface area contributed by atoms with Crippen LogP contribution >= 0.6 is 11.3 Å². The number of hydrogen-bond donors (Lipinski definition) is 0. The van der Waals surface area contributed by atoms with Crippen LogP contribution in [0.4, 0.5) is 5.00 Å². The van der Waals surface area contributed by atoms with Crippen LogP contribution in [0, 0.1) is 6.92 Å². The molecule has 24 heavy (non-hydrogen) atoms. The highest BCUT2D eigenvalue weighted by Gasteiger charge is 2.25. The molecule has 2 aromatic heterocycles. The van der Waals surface area contributed by atoms with E-state index < -0.39 is 0 Å². The second-order valence-corrected chi connectivity index (χ2v) is 7.43. The second-order valence-electron chi connectivity index (χ2n) is 6.25. The van der Waals surface area contributed by atoms with E-state index in [2.05, 4.69) is 10.1 Å². The topological polar surface area (TPSA) is 51.0 Å². The minimum absolute atomic E-state index is 0.116. The molecule has 1 aliphatic heterocycles. The molecule has 0 unspecified atom stereocenters. The number of aryl methyl sites for hydroxylation is 3. The summed E-state index contributed by atoms with van der Waals surface area (Å²) in [5.41, 5.74) is 2.99. The van der Waals surface area contributed by atoms with Crippen molar-refractivity contribution in [3.63, 3.8) is 0 Å². The number of aromatic nitrogens is 3. The SMILES string of the molecule is Cc1nc2c(s1)N(C(=O)Cc1nn(C)c3ccccc13)CCCC2. The fourth-order valence-electron chi connectivity index (χ4n) is 3.39. The van der Waals surface area contributed by atoms with E-state index in [0.29, 0.717) is 6.42 Å². The zero-order chi connectivity index (χ0) is 16.7. The van der Waals surface area contributed by atoms with Crippen molar-refractivity contribution in [1.29, 1.82) is 0 Å². The van der Waals surface area contributed by atoms with E-state index >= 15 is 0 Å². The van der Waals surface area contributed by atoms with Gasteiger partial charge in [-0.25, -0.2) is 4.98 Å². The monoisotopic (exact) mass is 340 g/mol. The number of benzene rings is 1. The van der Waals surface area contributed by atoms with Gasteiger partial charge in [0.15, 0.2) is 0 Å². The van der Waals surface area contributed by atoms with Gasteiger partial charge < -0.3 is 4.90 Å². The Morgan fingerprint density at radius 1 is 1.29 bits per heavy atom. The number of para-hydroxylation sites is 1. The molecule has 0 bridgehead atoms. The van der Waals surface area contributed by atoms with Crippen LogP contribution in [0.2, 0.25) is 0 Å². The zero-order valence-electron chi connectivity index (χ0n) is 14.0. The molecule has 0 aliphatic carbocycles. The first-order chi connectivity index (χ1) is 11.6. The number of rotatable bonds is 2. The molecule has 0 atom stereocenters. The fourth-order valence-corrected chi connectivity index (χ4v) is 4.40. The highest BCUT2D eigenvalue weighted by molar-refractivity contribution is 7.16. The fraction of sp³-hybridized carbons (Fsp3) is 0.389. The van der Waals surface area contributed by atoms with Crippen molar-refractivity contribution in [2.75, 3.05) is 11.4 Å². The van der Waals surface area contributed by atoms with E-state index in [4.69, 9.17) is 0 Å². The minimum Gasteiger partial charge on any atom is -0.302 e. The van der Waals surface area contributed by atoms with Gasteiger partial charge in [-0.15, -0.1) is 11.3 Å². The average molecular weight is 340 g/mol. The van der Waals surface area contributed by atoms with E-state index in [-0.39, 0.29) is 5.91 Å². The maximum absolute atomic E-state index is 13.0. The van der Waals surface area contributed by atoms with Gasteiger partial charge >= 0.3 is 0 Å². The third-order valence-corrected chi connectivity index (χ3v) is 5.56. The van der Waals surface area contributed by atoms with Crippen LogP contribution in [0.1, 0.15) is 29.2 Å². The molecule has 3 aromatic rings. The van der Waals surface area contributed by atoms with Crippen LogP contribution in [0.5, 0.6) is 0 Å². The van der Waals surface area contributed by atoms with Gasteiger partial charge in [0.1, 0.15) is 5.00 Å². The highest BCUT2D eigenvalue weighted by Crippen LogP contribution is 2.33. The van der Waals surface area contributed by atoms with E-state index in [1.54, 1.807) is 11.3 Å². The molecule has 5 nitrogen and oxygen atoms in total. The first kappa shape index (κ1) is 15.3. The van der Waals surface area contributed by atoms with Crippen LogP contribution < -0.4 is 4.90 Å². The predicted molar refractivity (Wildman–Crippen MR) is 96.6 cm³/mol. The Labute approximate surface area is 144 Å². The second kappa shape index (κ2) is 6.02. The lowest BCUT2D eigenvalue weighted by molar-refractivity contribution is -0.118. The lowest BCUT2D eigenvalue weighted by atomic mass is 10.1. The Balaban J connectivity index is 1.66. The summed E-state index contributed by atoms with van der Waals surface area (Å²) in [4.78, 5) is 19.5. The Morgan fingerprint density at radius 2 is 2.12 bits per heavy atom. The van der Waals surface area contributed by atoms with Crippen molar-refractivity contribution in [3.8, 4) is 0 Å². The maximum atomic E-state index is 13.0. The van der Waals surface area contributed by atoms with Crippen LogP contribution in [0.15, 0.2) is 24.3 Å². The summed E-state index contributed by atoms with van der Waals surface area (Å²) >= 11 is 1.63. The molecular formula is C18H20N4OS. The molecule has 1 aliphatic rings. The number of carbonyl (C=O) groups is 1. The molecule has 0 spiro atoms. The summed E-state index contributed by atoms with van der Waals surface area (Å²) in [6.07, 6.45) is 3.41. The summed E-state index contributed by atoms with van der Waals surface area (Å²) in [5, 5.41) is 7.69. The summed E-state index contributed by atoms with van der Waals surface area (Å²) in [6, 6.07) is 8.06. The number of carbonyl (C=O) groups excluding carboxylic acids is 1. The molecule has 0 N–H and O–H groups in total. The van der Waals surface area contributed by atoms with Crippen molar-refractivity contribution in [3.05, 3.63) is 40.7 Å². The van der Waals surface area contributed by atoms with Gasteiger partial charge in [-0.1, -0.05) is 18.2 Å². The third-order valence-electron chi connectivity index (χ3n) is 4.53. The van der Waals surface area contributed by atoms with Crippen molar-refractivity contribution in [2.45, 2.75) is 32.6 Å². The standard InChI is InChI=1S/C18H20N4OS/c1-12-19-14-8-5-6-10-22(18(14)24-12)17(23)11-15-13-7-3-4-9-16(13)21(2)20-15/h3-4,7,9H,5-6,8,10-11H2,1-2H3. The van der Waals surface area contributed by atoms with Crippen molar-refractivity contribution >= 4 is 33.1 Å². The van der Waals surface area contributed by atoms with E-state index in [1.807, 2.05) is 47.8 Å².